The summed E-state index contributed by atoms with van der Waals surface area (Å²) < 4.78 is 29.0. The molecule has 0 N–H and O–H groups in total. The topological polar surface area (TPSA) is 74.8 Å². The van der Waals surface area contributed by atoms with Crippen LogP contribution in [0.25, 0.3) is 0 Å². The molecule has 184 valence electrons. The van der Waals surface area contributed by atoms with Gasteiger partial charge in [0.25, 0.3) is 0 Å². The second kappa shape index (κ2) is 8.83. The summed E-state index contributed by atoms with van der Waals surface area (Å²) in [7, 11) is -5.13. The number of hydrogen-bond donors (Lipinski definition) is 0. The Bertz CT molecular complexity index is 1270. The van der Waals surface area contributed by atoms with E-state index < -0.39 is 36.0 Å². The van der Waals surface area contributed by atoms with Gasteiger partial charge in [0.15, 0.2) is 0 Å². The van der Waals surface area contributed by atoms with Crippen LogP contribution < -0.4 is 4.90 Å². The molecule has 2 aromatic rings. The van der Waals surface area contributed by atoms with Crippen LogP contribution in [-0.4, -0.2) is 44.9 Å². The number of rotatable bonds is 6. The Kier molecular flexibility index (Phi) is 6.10. The minimum absolute atomic E-state index is 0.114. The lowest BCUT2D eigenvalue weighted by atomic mass is 9.70. The lowest BCUT2D eigenvalue weighted by Crippen LogP contribution is -2.39. The van der Waals surface area contributed by atoms with Gasteiger partial charge in [0, 0.05) is 20.5 Å². The van der Waals surface area contributed by atoms with Crippen molar-refractivity contribution in [2.24, 2.45) is 17.8 Å². The van der Waals surface area contributed by atoms with E-state index in [0.29, 0.717) is 18.2 Å². The monoisotopic (exact) mass is 508 g/mol. The molecule has 5 rings (SSSR count). The molecule has 2 fully saturated rings. The van der Waals surface area contributed by atoms with E-state index in [1.165, 1.54) is 4.90 Å². The zero-order valence-corrected chi connectivity index (χ0v) is 22.2. The highest BCUT2D eigenvalue weighted by molar-refractivity contribution is 7.89. The van der Waals surface area contributed by atoms with E-state index in [9.17, 15) is 18.0 Å². The molecule has 0 bridgehead atoms. The summed E-state index contributed by atoms with van der Waals surface area (Å²) in [6, 6.07) is 18.8. The summed E-state index contributed by atoms with van der Waals surface area (Å²) in [6.45, 7) is 6.81. The van der Waals surface area contributed by atoms with Crippen LogP contribution in [0, 0.1) is 17.8 Å². The number of nitrogens with zero attached hydrogens (tertiary/aromatic N) is 2. The predicted molar refractivity (Wildman–Crippen MR) is 140 cm³/mol. The van der Waals surface area contributed by atoms with E-state index in [-0.39, 0.29) is 30.0 Å². The van der Waals surface area contributed by atoms with Crippen LogP contribution in [0.5, 0.6) is 0 Å². The van der Waals surface area contributed by atoms with Gasteiger partial charge >= 0.3 is 0 Å². The molecule has 1 aliphatic carbocycles. The Balaban J connectivity index is 1.56. The number of hydrogen-bond acceptors (Lipinski definition) is 4. The van der Waals surface area contributed by atoms with Crippen LogP contribution in [0.3, 0.4) is 0 Å². The third kappa shape index (κ3) is 4.32. The first-order valence-electron chi connectivity index (χ1n) is 12.2. The van der Waals surface area contributed by atoms with E-state index >= 15 is 0 Å². The van der Waals surface area contributed by atoms with Crippen molar-refractivity contribution in [3.8, 4) is 0 Å². The van der Waals surface area contributed by atoms with Gasteiger partial charge in [-0.1, -0.05) is 79.8 Å². The van der Waals surface area contributed by atoms with Crippen LogP contribution in [0.2, 0.25) is 25.7 Å². The maximum atomic E-state index is 13.8. The maximum absolute atomic E-state index is 13.8. The average Bonchev–Trinajstić information content (AvgIpc) is 3.34. The lowest BCUT2D eigenvalue weighted by Gasteiger charge is -2.33. The molecule has 35 heavy (non-hydrogen) atoms. The Morgan fingerprint density at radius 3 is 2.14 bits per heavy atom. The zero-order chi connectivity index (χ0) is 25.0. The molecule has 0 spiro atoms. The van der Waals surface area contributed by atoms with Crippen LogP contribution in [0.15, 0.2) is 72.3 Å². The molecule has 2 heterocycles. The van der Waals surface area contributed by atoms with E-state index in [4.69, 9.17) is 0 Å². The predicted octanol–water partition coefficient (Wildman–Crippen LogP) is 4.46. The SMILES string of the molecule is C[Si](C)(C)CCS(=O)(=O)N1CC2=CC[C@H]3C(=O)N(c4ccccc4)C(=O)[C@H]3[C@H]2[C@@H]1c1ccccc1. The lowest BCUT2D eigenvalue weighted by molar-refractivity contribution is -0.123. The largest absolute Gasteiger partial charge is 0.274 e. The molecule has 0 unspecified atom stereocenters. The van der Waals surface area contributed by atoms with Gasteiger partial charge < -0.3 is 0 Å². The van der Waals surface area contributed by atoms with E-state index in [2.05, 4.69) is 19.6 Å². The Morgan fingerprint density at radius 1 is 0.886 bits per heavy atom. The van der Waals surface area contributed by atoms with Crippen molar-refractivity contribution >= 4 is 35.6 Å². The molecule has 3 aliphatic rings. The number of sulfonamides is 1. The summed E-state index contributed by atoms with van der Waals surface area (Å²) in [5, 5.41) is 0. The van der Waals surface area contributed by atoms with Gasteiger partial charge in [0.2, 0.25) is 21.8 Å². The number of carbonyl (C=O) groups excluding carboxylic acids is 2. The fourth-order valence-electron chi connectivity index (χ4n) is 5.75. The summed E-state index contributed by atoms with van der Waals surface area (Å²) in [5.74, 6) is -1.67. The van der Waals surface area contributed by atoms with E-state index in [0.717, 1.165) is 11.1 Å². The smallest absolute Gasteiger partial charge is 0.238 e. The number of para-hydroxylation sites is 1. The maximum Gasteiger partial charge on any atom is 0.238 e. The van der Waals surface area contributed by atoms with E-state index in [1.54, 1.807) is 16.4 Å². The van der Waals surface area contributed by atoms with Crippen LogP contribution in [0.1, 0.15) is 18.0 Å². The second-order valence-corrected chi connectivity index (χ2v) is 18.7. The van der Waals surface area contributed by atoms with Crippen molar-refractivity contribution < 1.29 is 18.0 Å². The summed E-state index contributed by atoms with van der Waals surface area (Å²) in [6.07, 6.45) is 2.49. The normalized spacial score (nSPS) is 27.1. The molecule has 4 atom stereocenters. The summed E-state index contributed by atoms with van der Waals surface area (Å²) >= 11 is 0. The molecule has 0 aromatic heterocycles. The first kappa shape index (κ1) is 24.2. The van der Waals surface area contributed by atoms with Gasteiger partial charge in [0.1, 0.15) is 0 Å². The molecular weight excluding hydrogens is 476 g/mol. The third-order valence-corrected chi connectivity index (χ3v) is 11.4. The number of allylic oxidation sites excluding steroid dienone is 1. The molecule has 0 radical (unpaired) electrons. The van der Waals surface area contributed by atoms with Gasteiger partial charge in [-0.3, -0.25) is 14.5 Å². The highest BCUT2D eigenvalue weighted by Gasteiger charge is 2.59. The molecule has 8 heteroatoms. The van der Waals surface area contributed by atoms with Gasteiger partial charge in [-0.2, -0.15) is 4.31 Å². The quantitative estimate of drug-likeness (QED) is 0.328. The second-order valence-electron chi connectivity index (χ2n) is 11.0. The van der Waals surface area contributed by atoms with Crippen LogP contribution in [-0.2, 0) is 19.6 Å². The molecule has 2 saturated heterocycles. The van der Waals surface area contributed by atoms with Gasteiger partial charge in [-0.25, -0.2) is 8.42 Å². The molecule has 6 nitrogen and oxygen atoms in total. The highest BCUT2D eigenvalue weighted by Crippen LogP contribution is 2.54. The van der Waals surface area contributed by atoms with Crippen molar-refractivity contribution in [2.75, 3.05) is 17.2 Å². The first-order valence-corrected chi connectivity index (χ1v) is 17.6. The Morgan fingerprint density at radius 2 is 1.51 bits per heavy atom. The minimum atomic E-state index is -3.56. The molecule has 2 aromatic carbocycles. The average molecular weight is 509 g/mol. The van der Waals surface area contributed by atoms with Gasteiger partial charge in [-0.15, -0.1) is 0 Å². The molecule has 0 saturated carbocycles. The van der Waals surface area contributed by atoms with Crippen LogP contribution >= 0.6 is 0 Å². The first-order chi connectivity index (χ1) is 16.6. The Hall–Kier alpha value is -2.55. The Labute approximate surface area is 208 Å². The number of imide groups is 1. The number of carbonyl (C=O) groups is 2. The fourth-order valence-corrected chi connectivity index (χ4v) is 10.4. The van der Waals surface area contributed by atoms with Crippen molar-refractivity contribution in [1.82, 2.24) is 4.31 Å². The molecular formula is C27H32N2O4SSi. The minimum Gasteiger partial charge on any atom is -0.274 e. The highest BCUT2D eigenvalue weighted by atomic mass is 32.2. The van der Waals surface area contributed by atoms with E-state index in [1.807, 2.05) is 54.6 Å². The third-order valence-electron chi connectivity index (χ3n) is 7.54. The van der Waals surface area contributed by atoms with Crippen molar-refractivity contribution in [2.45, 2.75) is 38.1 Å². The number of benzene rings is 2. The summed E-state index contributed by atoms with van der Waals surface area (Å²) in [4.78, 5) is 28.5. The van der Waals surface area contributed by atoms with Gasteiger partial charge in [-0.05, 0) is 30.2 Å². The number of amides is 2. The fraction of sp³-hybridized carbons (Fsp3) is 0.407. The standard InChI is InChI=1S/C27H32N2O4SSi/c1-35(2,3)17-16-34(32,33)28-18-20-14-15-22-24(23(20)25(28)19-10-6-4-7-11-19)27(31)29(26(22)30)21-12-8-5-9-13-21/h4-14,22-25H,15-18H2,1-3H3/t22-,23+,24-,25+/m1/s1. The molecule has 2 aliphatic heterocycles. The zero-order valence-electron chi connectivity index (χ0n) is 20.4. The number of fused-ring (bicyclic) bond motifs is 3. The van der Waals surface area contributed by atoms with Gasteiger partial charge in [0.05, 0.1) is 29.3 Å². The summed E-state index contributed by atoms with van der Waals surface area (Å²) in [5.41, 5.74) is 2.41. The van der Waals surface area contributed by atoms with Crippen LogP contribution in [0.4, 0.5) is 5.69 Å². The molecule has 2 amide bonds. The number of anilines is 1. The van der Waals surface area contributed by atoms with Crippen molar-refractivity contribution in [3.05, 3.63) is 77.9 Å². The van der Waals surface area contributed by atoms with Crippen molar-refractivity contribution in [1.29, 1.82) is 0 Å². The van der Waals surface area contributed by atoms with Crippen molar-refractivity contribution in [3.63, 3.8) is 0 Å².